The standard InChI is InChI=1S/C11H17BrN4S/c1-2-3-13-10-9(12)11(15-8-14-10)16-4-6-17-7-5-16/h8H,2-7H2,1H3,(H,13,14,15). The lowest BCUT2D eigenvalue weighted by molar-refractivity contribution is 0.830. The van der Waals surface area contributed by atoms with Gasteiger partial charge in [-0.05, 0) is 22.4 Å². The molecule has 0 aromatic carbocycles. The summed E-state index contributed by atoms with van der Waals surface area (Å²) < 4.78 is 0.986. The van der Waals surface area contributed by atoms with E-state index in [4.69, 9.17) is 0 Å². The summed E-state index contributed by atoms with van der Waals surface area (Å²) in [5.41, 5.74) is 0. The number of halogens is 1. The van der Waals surface area contributed by atoms with Crippen LogP contribution in [-0.4, -0.2) is 41.1 Å². The Morgan fingerprint density at radius 2 is 2.18 bits per heavy atom. The zero-order valence-electron chi connectivity index (χ0n) is 9.95. The number of aromatic nitrogens is 2. The summed E-state index contributed by atoms with van der Waals surface area (Å²) in [6, 6.07) is 0. The van der Waals surface area contributed by atoms with Gasteiger partial charge < -0.3 is 10.2 Å². The summed E-state index contributed by atoms with van der Waals surface area (Å²) in [5.74, 6) is 4.26. The van der Waals surface area contributed by atoms with Crippen LogP contribution < -0.4 is 10.2 Å². The first-order chi connectivity index (χ1) is 8.33. The molecular formula is C11H17BrN4S. The molecule has 2 rings (SSSR count). The highest BCUT2D eigenvalue weighted by atomic mass is 79.9. The van der Waals surface area contributed by atoms with E-state index in [2.05, 4.69) is 43.0 Å². The lowest BCUT2D eigenvalue weighted by Gasteiger charge is -2.28. The Morgan fingerprint density at radius 1 is 1.41 bits per heavy atom. The number of hydrogen-bond donors (Lipinski definition) is 1. The van der Waals surface area contributed by atoms with Gasteiger partial charge in [-0.25, -0.2) is 9.97 Å². The fraction of sp³-hybridized carbons (Fsp3) is 0.636. The van der Waals surface area contributed by atoms with E-state index in [9.17, 15) is 0 Å². The smallest absolute Gasteiger partial charge is 0.148 e. The summed E-state index contributed by atoms with van der Waals surface area (Å²) in [6.45, 7) is 5.21. The van der Waals surface area contributed by atoms with Gasteiger partial charge in [-0.1, -0.05) is 6.92 Å². The number of nitrogens with zero attached hydrogens (tertiary/aromatic N) is 3. The molecule has 0 amide bonds. The third kappa shape index (κ3) is 3.25. The molecule has 1 aromatic heterocycles. The normalized spacial score (nSPS) is 16.0. The molecule has 1 aliphatic rings. The minimum atomic E-state index is 0.898. The van der Waals surface area contributed by atoms with Crippen molar-refractivity contribution in [2.75, 3.05) is 41.4 Å². The van der Waals surface area contributed by atoms with E-state index in [1.54, 1.807) is 6.33 Å². The number of nitrogens with one attached hydrogen (secondary N) is 1. The van der Waals surface area contributed by atoms with Gasteiger partial charge in [0, 0.05) is 31.1 Å². The Kier molecular flexibility index (Phi) is 4.91. The maximum Gasteiger partial charge on any atom is 0.148 e. The summed E-state index contributed by atoms with van der Waals surface area (Å²) >= 11 is 5.61. The van der Waals surface area contributed by atoms with Gasteiger partial charge >= 0.3 is 0 Å². The van der Waals surface area contributed by atoms with Crippen LogP contribution in [0, 0.1) is 0 Å². The van der Waals surface area contributed by atoms with Crippen LogP contribution in [0.1, 0.15) is 13.3 Å². The predicted octanol–water partition coefficient (Wildman–Crippen LogP) is 2.61. The quantitative estimate of drug-likeness (QED) is 0.924. The van der Waals surface area contributed by atoms with Crippen molar-refractivity contribution in [3.8, 4) is 0 Å². The van der Waals surface area contributed by atoms with Crippen molar-refractivity contribution in [1.82, 2.24) is 9.97 Å². The monoisotopic (exact) mass is 316 g/mol. The average Bonchev–Trinajstić information content (AvgIpc) is 2.39. The van der Waals surface area contributed by atoms with Crippen molar-refractivity contribution in [1.29, 1.82) is 0 Å². The Labute approximate surface area is 115 Å². The molecule has 1 fully saturated rings. The molecule has 1 saturated heterocycles. The minimum Gasteiger partial charge on any atom is -0.369 e. The first kappa shape index (κ1) is 13.0. The average molecular weight is 317 g/mol. The van der Waals surface area contributed by atoms with E-state index in [1.807, 2.05) is 11.8 Å². The molecule has 0 atom stereocenters. The summed E-state index contributed by atoms with van der Waals surface area (Å²) in [6.07, 6.45) is 2.73. The maximum absolute atomic E-state index is 4.39. The molecule has 0 saturated carbocycles. The Bertz CT molecular complexity index is 368. The van der Waals surface area contributed by atoms with Crippen molar-refractivity contribution >= 4 is 39.3 Å². The third-order valence-electron chi connectivity index (χ3n) is 2.62. The van der Waals surface area contributed by atoms with Crippen molar-refractivity contribution in [3.63, 3.8) is 0 Å². The Hall–Kier alpha value is -0.490. The molecule has 0 radical (unpaired) electrons. The molecule has 17 heavy (non-hydrogen) atoms. The zero-order valence-corrected chi connectivity index (χ0v) is 12.4. The zero-order chi connectivity index (χ0) is 12.1. The van der Waals surface area contributed by atoms with Crippen molar-refractivity contribution in [2.24, 2.45) is 0 Å². The second-order valence-corrected chi connectivity index (χ2v) is 5.90. The Balaban J connectivity index is 2.15. The Morgan fingerprint density at radius 3 is 2.88 bits per heavy atom. The fourth-order valence-corrected chi connectivity index (χ4v) is 3.22. The van der Waals surface area contributed by atoms with Crippen molar-refractivity contribution in [3.05, 3.63) is 10.8 Å². The molecule has 1 aliphatic heterocycles. The van der Waals surface area contributed by atoms with Crippen LogP contribution in [0.4, 0.5) is 11.6 Å². The second kappa shape index (κ2) is 6.44. The van der Waals surface area contributed by atoms with Crippen LogP contribution in [0.5, 0.6) is 0 Å². The molecule has 2 heterocycles. The van der Waals surface area contributed by atoms with Crippen LogP contribution in [0.3, 0.4) is 0 Å². The summed E-state index contributed by atoms with van der Waals surface area (Å²) in [5, 5.41) is 3.31. The van der Waals surface area contributed by atoms with Crippen LogP contribution in [0.2, 0.25) is 0 Å². The lowest BCUT2D eigenvalue weighted by Crippen LogP contribution is -2.33. The molecule has 1 aromatic rings. The van der Waals surface area contributed by atoms with Crippen LogP contribution in [-0.2, 0) is 0 Å². The van der Waals surface area contributed by atoms with Crippen LogP contribution >= 0.6 is 27.7 Å². The highest BCUT2D eigenvalue weighted by Gasteiger charge is 2.17. The lowest BCUT2D eigenvalue weighted by atomic mass is 10.4. The highest BCUT2D eigenvalue weighted by Crippen LogP contribution is 2.30. The number of rotatable bonds is 4. The van der Waals surface area contributed by atoms with Crippen molar-refractivity contribution < 1.29 is 0 Å². The maximum atomic E-state index is 4.39. The molecular weight excluding hydrogens is 300 g/mol. The van der Waals surface area contributed by atoms with Gasteiger partial charge in [-0.3, -0.25) is 0 Å². The molecule has 6 heteroatoms. The van der Waals surface area contributed by atoms with Gasteiger partial charge in [0.2, 0.25) is 0 Å². The van der Waals surface area contributed by atoms with Gasteiger partial charge in [-0.15, -0.1) is 0 Å². The van der Waals surface area contributed by atoms with Crippen molar-refractivity contribution in [2.45, 2.75) is 13.3 Å². The van der Waals surface area contributed by atoms with Crippen LogP contribution in [0.15, 0.2) is 10.8 Å². The number of hydrogen-bond acceptors (Lipinski definition) is 5. The first-order valence-corrected chi connectivity index (χ1v) is 7.84. The first-order valence-electron chi connectivity index (χ1n) is 5.90. The van der Waals surface area contributed by atoms with Gasteiger partial charge in [0.1, 0.15) is 22.4 Å². The van der Waals surface area contributed by atoms with E-state index in [-0.39, 0.29) is 0 Å². The second-order valence-electron chi connectivity index (χ2n) is 3.89. The largest absolute Gasteiger partial charge is 0.369 e. The fourth-order valence-electron chi connectivity index (χ4n) is 1.72. The SMILES string of the molecule is CCCNc1ncnc(N2CCSCC2)c1Br. The highest BCUT2D eigenvalue weighted by molar-refractivity contribution is 9.10. The molecule has 0 spiro atoms. The minimum absolute atomic E-state index is 0.898. The van der Waals surface area contributed by atoms with E-state index in [0.717, 1.165) is 42.2 Å². The number of anilines is 2. The van der Waals surface area contributed by atoms with E-state index >= 15 is 0 Å². The predicted molar refractivity (Wildman–Crippen MR) is 78.1 cm³/mol. The molecule has 94 valence electrons. The van der Waals surface area contributed by atoms with Crippen LogP contribution in [0.25, 0.3) is 0 Å². The summed E-state index contributed by atoms with van der Waals surface area (Å²) in [7, 11) is 0. The van der Waals surface area contributed by atoms with Gasteiger partial charge in [0.25, 0.3) is 0 Å². The molecule has 4 nitrogen and oxygen atoms in total. The molecule has 0 bridgehead atoms. The van der Waals surface area contributed by atoms with E-state index in [0.29, 0.717) is 0 Å². The van der Waals surface area contributed by atoms with Gasteiger partial charge in [0.05, 0.1) is 0 Å². The third-order valence-corrected chi connectivity index (χ3v) is 4.30. The van der Waals surface area contributed by atoms with Gasteiger partial charge in [0.15, 0.2) is 0 Å². The molecule has 0 unspecified atom stereocenters. The topological polar surface area (TPSA) is 41.1 Å². The van der Waals surface area contributed by atoms with E-state index < -0.39 is 0 Å². The molecule has 1 N–H and O–H groups in total. The number of thioether (sulfide) groups is 1. The molecule has 0 aliphatic carbocycles. The van der Waals surface area contributed by atoms with Gasteiger partial charge in [-0.2, -0.15) is 11.8 Å². The summed E-state index contributed by atoms with van der Waals surface area (Å²) in [4.78, 5) is 11.0. The van der Waals surface area contributed by atoms with E-state index in [1.165, 1.54) is 11.5 Å².